The van der Waals surface area contributed by atoms with E-state index >= 15 is 0 Å². The number of para-hydroxylation sites is 1. The molecule has 7 heteroatoms. The Morgan fingerprint density at radius 2 is 1.42 bits per heavy atom. The maximum absolute atomic E-state index is 14.2. The monoisotopic (exact) mass is 713 g/mol. The van der Waals surface area contributed by atoms with Gasteiger partial charge < -0.3 is 15.0 Å². The smallest absolute Gasteiger partial charge is 0.324 e. The zero-order chi connectivity index (χ0) is 38.2. The number of rotatable bonds is 13. The molecular weight excluding hydrogens is 659 g/mol. The number of esters is 1. The average Bonchev–Trinajstić information content (AvgIpc) is 3.53. The van der Waals surface area contributed by atoms with Crippen molar-refractivity contribution in [3.05, 3.63) is 132 Å². The number of aryl methyl sites for hydroxylation is 1. The Balaban J connectivity index is 1.29. The van der Waals surface area contributed by atoms with Gasteiger partial charge >= 0.3 is 12.0 Å². The van der Waals surface area contributed by atoms with Crippen LogP contribution in [0.15, 0.2) is 109 Å². The number of imide groups is 1. The number of aromatic nitrogens is 1. The summed E-state index contributed by atoms with van der Waals surface area (Å²) in [4.78, 5) is 45.9. The van der Waals surface area contributed by atoms with E-state index in [1.54, 1.807) is 6.92 Å². The molecule has 2 unspecified atom stereocenters. The first-order valence-electron chi connectivity index (χ1n) is 18.9. The molecular formula is C46H55N3O4. The number of hydrogen-bond acceptors (Lipinski definition) is 4. The summed E-state index contributed by atoms with van der Waals surface area (Å²) in [7, 11) is 0. The van der Waals surface area contributed by atoms with Gasteiger partial charge in [-0.3, -0.25) is 14.5 Å². The molecule has 5 rings (SSSR count). The van der Waals surface area contributed by atoms with Crippen molar-refractivity contribution in [2.45, 2.75) is 97.6 Å². The number of urea groups is 1. The second-order valence-corrected chi connectivity index (χ2v) is 16.0. The van der Waals surface area contributed by atoms with Gasteiger partial charge in [-0.05, 0) is 98.2 Å². The van der Waals surface area contributed by atoms with Crippen molar-refractivity contribution in [2.75, 3.05) is 6.54 Å². The largest absolute Gasteiger partial charge is 0.460 e. The van der Waals surface area contributed by atoms with Crippen LogP contribution in [-0.2, 0) is 32.6 Å². The fourth-order valence-corrected chi connectivity index (χ4v) is 6.78. The Morgan fingerprint density at radius 3 is 2.04 bits per heavy atom. The van der Waals surface area contributed by atoms with Crippen LogP contribution in [0.25, 0.3) is 22.0 Å². The lowest BCUT2D eigenvalue weighted by atomic mass is 9.86. The number of nitrogens with one attached hydrogen (secondary N) is 2. The SMILES string of the molecule is CCN(C(=O)NC(Cc1c[nH]c2ccccc12)c1ccccc1)C(=O)C(CCCc1ccc(-c2ccc(C(C)(C)C)cc2)cc1)CC(=O)OC(C)(C)C. The van der Waals surface area contributed by atoms with Crippen LogP contribution in [0.2, 0.25) is 0 Å². The average molecular weight is 714 g/mol. The number of hydrogen-bond donors (Lipinski definition) is 2. The minimum atomic E-state index is -0.708. The highest BCUT2D eigenvalue weighted by Gasteiger charge is 2.32. The van der Waals surface area contributed by atoms with E-state index in [0.29, 0.717) is 19.3 Å². The Kier molecular flexibility index (Phi) is 12.6. The predicted molar refractivity (Wildman–Crippen MR) is 215 cm³/mol. The maximum atomic E-state index is 14.2. The number of carbonyl (C=O) groups is 3. The van der Waals surface area contributed by atoms with Crippen molar-refractivity contribution in [1.29, 1.82) is 0 Å². The van der Waals surface area contributed by atoms with E-state index < -0.39 is 23.5 Å². The fraction of sp³-hybridized carbons (Fsp3) is 0.370. The molecule has 2 N–H and O–H groups in total. The summed E-state index contributed by atoms with van der Waals surface area (Å²) >= 11 is 0. The molecule has 0 bridgehead atoms. The van der Waals surface area contributed by atoms with E-state index in [0.717, 1.165) is 39.6 Å². The molecule has 7 nitrogen and oxygen atoms in total. The summed E-state index contributed by atoms with van der Waals surface area (Å²) in [5.41, 5.74) is 7.21. The number of H-pyrrole nitrogens is 1. The summed E-state index contributed by atoms with van der Waals surface area (Å²) in [6.07, 6.45) is 4.26. The number of benzene rings is 4. The molecule has 0 aliphatic carbocycles. The lowest BCUT2D eigenvalue weighted by molar-refractivity contribution is -0.158. The lowest BCUT2D eigenvalue weighted by Crippen LogP contribution is -2.48. The van der Waals surface area contributed by atoms with Gasteiger partial charge in [-0.2, -0.15) is 0 Å². The normalized spacial score (nSPS) is 13.0. The fourth-order valence-electron chi connectivity index (χ4n) is 6.78. The van der Waals surface area contributed by atoms with Gasteiger partial charge in [-0.25, -0.2) is 4.79 Å². The van der Waals surface area contributed by atoms with Gasteiger partial charge in [0.15, 0.2) is 0 Å². The Morgan fingerprint density at radius 1 is 0.792 bits per heavy atom. The molecule has 3 amide bonds. The van der Waals surface area contributed by atoms with Crippen molar-refractivity contribution in [3.8, 4) is 11.1 Å². The minimum absolute atomic E-state index is 0.0964. The second-order valence-electron chi connectivity index (χ2n) is 16.0. The van der Waals surface area contributed by atoms with E-state index in [1.807, 2.05) is 75.5 Å². The zero-order valence-electron chi connectivity index (χ0n) is 32.4. The van der Waals surface area contributed by atoms with E-state index in [2.05, 4.69) is 85.7 Å². The standard InChI is InChI=1S/C46H55N3O4/c1-8-49(44(52)48-41(35-16-10-9-11-17-35)29-37-31-47-40-20-13-12-19-39(37)40)43(51)36(30-42(50)53-46(5,6)7)18-14-15-32-21-23-33(24-22-32)34-25-27-38(28-26-34)45(2,3)4/h9-13,16-17,19-28,31,36,41,47H,8,14-15,18,29-30H2,1-7H3,(H,48,52). The van der Waals surface area contributed by atoms with Gasteiger partial charge in [0.2, 0.25) is 5.91 Å². The first kappa shape index (κ1) is 39.0. The van der Waals surface area contributed by atoms with Crippen molar-refractivity contribution < 1.29 is 19.1 Å². The zero-order valence-corrected chi connectivity index (χ0v) is 32.4. The van der Waals surface area contributed by atoms with Crippen molar-refractivity contribution >= 4 is 28.8 Å². The van der Waals surface area contributed by atoms with Crippen LogP contribution in [0, 0.1) is 5.92 Å². The highest BCUT2D eigenvalue weighted by Crippen LogP contribution is 2.28. The number of ether oxygens (including phenoxy) is 1. The van der Waals surface area contributed by atoms with Gasteiger partial charge in [0.1, 0.15) is 5.60 Å². The molecule has 0 radical (unpaired) electrons. The Bertz CT molecular complexity index is 1970. The third-order valence-corrected chi connectivity index (χ3v) is 9.66. The van der Waals surface area contributed by atoms with E-state index in [9.17, 15) is 14.4 Å². The molecule has 5 aromatic rings. The third-order valence-electron chi connectivity index (χ3n) is 9.66. The van der Waals surface area contributed by atoms with Crippen LogP contribution in [0.1, 0.15) is 96.0 Å². The summed E-state index contributed by atoms with van der Waals surface area (Å²) in [5, 5.41) is 4.25. The highest BCUT2D eigenvalue weighted by atomic mass is 16.6. The van der Waals surface area contributed by atoms with E-state index in [4.69, 9.17) is 4.74 Å². The van der Waals surface area contributed by atoms with Crippen LogP contribution in [0.5, 0.6) is 0 Å². The third kappa shape index (κ3) is 10.7. The maximum Gasteiger partial charge on any atom is 0.324 e. The van der Waals surface area contributed by atoms with Crippen LogP contribution in [-0.4, -0.2) is 39.9 Å². The van der Waals surface area contributed by atoms with Crippen LogP contribution < -0.4 is 5.32 Å². The molecule has 0 aliphatic rings. The van der Waals surface area contributed by atoms with E-state index in [-0.39, 0.29) is 30.3 Å². The molecule has 4 aromatic carbocycles. The number of nitrogens with zero attached hydrogens (tertiary/aromatic N) is 1. The van der Waals surface area contributed by atoms with Crippen molar-refractivity contribution in [3.63, 3.8) is 0 Å². The molecule has 53 heavy (non-hydrogen) atoms. The molecule has 0 aliphatic heterocycles. The molecule has 1 aromatic heterocycles. The molecule has 278 valence electrons. The number of aromatic amines is 1. The molecule has 0 fully saturated rings. The van der Waals surface area contributed by atoms with Crippen LogP contribution in [0.3, 0.4) is 0 Å². The Hall–Kier alpha value is -5.17. The molecule has 0 saturated heterocycles. The summed E-state index contributed by atoms with van der Waals surface area (Å²) in [6.45, 7) is 14.0. The first-order chi connectivity index (χ1) is 25.2. The first-order valence-corrected chi connectivity index (χ1v) is 18.9. The van der Waals surface area contributed by atoms with Gasteiger partial charge in [-0.1, -0.05) is 118 Å². The topological polar surface area (TPSA) is 91.5 Å². The second kappa shape index (κ2) is 17.1. The van der Waals surface area contributed by atoms with Crippen molar-refractivity contribution in [2.24, 2.45) is 5.92 Å². The van der Waals surface area contributed by atoms with Gasteiger partial charge in [-0.15, -0.1) is 0 Å². The molecule has 1 heterocycles. The summed E-state index contributed by atoms with van der Waals surface area (Å²) in [5.74, 6) is -1.53. The number of amides is 3. The van der Waals surface area contributed by atoms with Crippen LogP contribution in [0.4, 0.5) is 4.79 Å². The summed E-state index contributed by atoms with van der Waals surface area (Å²) < 4.78 is 5.64. The molecule has 0 saturated carbocycles. The highest BCUT2D eigenvalue weighted by molar-refractivity contribution is 5.97. The number of carbonyl (C=O) groups excluding carboxylic acids is 3. The molecule has 2 atom stereocenters. The summed E-state index contributed by atoms with van der Waals surface area (Å²) in [6, 6.07) is 34.3. The Labute approximate surface area is 315 Å². The number of fused-ring (bicyclic) bond motifs is 1. The van der Waals surface area contributed by atoms with Gasteiger partial charge in [0.25, 0.3) is 0 Å². The van der Waals surface area contributed by atoms with Gasteiger partial charge in [0.05, 0.1) is 12.5 Å². The molecule has 0 spiro atoms. The lowest BCUT2D eigenvalue weighted by Gasteiger charge is -2.28. The van der Waals surface area contributed by atoms with Crippen molar-refractivity contribution in [1.82, 2.24) is 15.2 Å². The van der Waals surface area contributed by atoms with Crippen LogP contribution >= 0.6 is 0 Å². The predicted octanol–water partition coefficient (Wildman–Crippen LogP) is 10.3. The van der Waals surface area contributed by atoms with E-state index in [1.165, 1.54) is 16.0 Å². The minimum Gasteiger partial charge on any atom is -0.460 e. The van der Waals surface area contributed by atoms with Gasteiger partial charge in [0, 0.05) is 29.6 Å². The quantitative estimate of drug-likeness (QED) is 0.119.